The van der Waals surface area contributed by atoms with Gasteiger partial charge in [-0.15, -0.1) is 12.4 Å². The fourth-order valence-electron chi connectivity index (χ4n) is 3.82. The number of hydrogen-bond acceptors (Lipinski definition) is 2. The number of fused-ring (bicyclic) bond motifs is 3. The number of halogens is 3. The fourth-order valence-corrected chi connectivity index (χ4v) is 4.15. The van der Waals surface area contributed by atoms with Crippen molar-refractivity contribution >= 4 is 46.5 Å². The number of aromatic nitrogens is 1. The van der Waals surface area contributed by atoms with E-state index in [4.69, 9.17) is 27.9 Å². The lowest BCUT2D eigenvalue weighted by Crippen LogP contribution is -2.20. The summed E-state index contributed by atoms with van der Waals surface area (Å²) in [4.78, 5) is 3.61. The second-order valence-corrected chi connectivity index (χ2v) is 7.62. The van der Waals surface area contributed by atoms with Crippen molar-refractivity contribution in [2.45, 2.75) is 25.2 Å². The zero-order chi connectivity index (χ0) is 17.9. The smallest absolute Gasteiger partial charge is 0.139 e. The molecule has 3 aromatic rings. The predicted octanol–water partition coefficient (Wildman–Crippen LogP) is 5.99. The van der Waals surface area contributed by atoms with Gasteiger partial charge < -0.3 is 15.0 Å². The molecule has 1 aromatic heterocycles. The molecule has 3 nitrogen and oxygen atoms in total. The van der Waals surface area contributed by atoms with Gasteiger partial charge >= 0.3 is 0 Å². The lowest BCUT2D eigenvalue weighted by molar-refractivity contribution is 0.301. The highest BCUT2D eigenvalue weighted by molar-refractivity contribution is 6.34. The van der Waals surface area contributed by atoms with Gasteiger partial charge in [0, 0.05) is 47.2 Å². The molecule has 27 heavy (non-hydrogen) atoms. The fraction of sp³-hybridized carbons (Fsp3) is 0.333. The number of H-pyrrole nitrogens is 1. The van der Waals surface area contributed by atoms with Gasteiger partial charge in [-0.05, 0) is 42.5 Å². The van der Waals surface area contributed by atoms with E-state index in [1.807, 2.05) is 0 Å². The van der Waals surface area contributed by atoms with Gasteiger partial charge in [0.25, 0.3) is 0 Å². The number of nitrogens with one attached hydrogen (secondary N) is 2. The standard InChI is InChI=1S/C21H22Cl2N2O.ClH/c22-15-7-8-17(23)20(12-15)26-11-3-4-14-13-24-10-9-19-21(14)16-5-1-2-6-18(16)25-19;/h1-2,5-8,12,14,24-25H,3-4,9-11,13H2;1H. The van der Waals surface area contributed by atoms with Crippen LogP contribution in [0.2, 0.25) is 10.0 Å². The first-order valence-corrected chi connectivity index (χ1v) is 9.86. The number of benzene rings is 2. The van der Waals surface area contributed by atoms with Crippen molar-refractivity contribution in [2.24, 2.45) is 0 Å². The molecular formula is C21H23Cl3N2O. The van der Waals surface area contributed by atoms with Crippen LogP contribution in [0.3, 0.4) is 0 Å². The van der Waals surface area contributed by atoms with Crippen LogP contribution in [-0.4, -0.2) is 24.7 Å². The van der Waals surface area contributed by atoms with Gasteiger partial charge in [-0.1, -0.05) is 41.4 Å². The van der Waals surface area contributed by atoms with Crippen molar-refractivity contribution in [2.75, 3.05) is 19.7 Å². The van der Waals surface area contributed by atoms with Crippen LogP contribution in [0, 0.1) is 0 Å². The first kappa shape index (κ1) is 20.3. The Morgan fingerprint density at radius 1 is 1.11 bits per heavy atom. The Labute approximate surface area is 175 Å². The van der Waals surface area contributed by atoms with Crippen molar-refractivity contribution in [3.63, 3.8) is 0 Å². The molecule has 1 aliphatic rings. The van der Waals surface area contributed by atoms with Crippen molar-refractivity contribution in [1.29, 1.82) is 0 Å². The normalized spacial score (nSPS) is 16.4. The third-order valence-electron chi connectivity index (χ3n) is 5.03. The van der Waals surface area contributed by atoms with E-state index < -0.39 is 0 Å². The van der Waals surface area contributed by atoms with E-state index in [0.717, 1.165) is 32.4 Å². The van der Waals surface area contributed by atoms with Gasteiger partial charge in [0.1, 0.15) is 5.75 Å². The van der Waals surface area contributed by atoms with Crippen molar-refractivity contribution in [1.82, 2.24) is 10.3 Å². The molecule has 4 rings (SSSR count). The van der Waals surface area contributed by atoms with Crippen LogP contribution in [0.5, 0.6) is 5.75 Å². The van der Waals surface area contributed by atoms with E-state index >= 15 is 0 Å². The van der Waals surface area contributed by atoms with Crippen LogP contribution in [-0.2, 0) is 6.42 Å². The second-order valence-electron chi connectivity index (χ2n) is 6.78. The lowest BCUT2D eigenvalue weighted by atomic mass is 9.92. The summed E-state index contributed by atoms with van der Waals surface area (Å²) in [6.07, 6.45) is 3.09. The Morgan fingerprint density at radius 2 is 1.96 bits per heavy atom. The summed E-state index contributed by atoms with van der Waals surface area (Å²) in [5, 5.41) is 6.17. The molecule has 2 aromatic carbocycles. The largest absolute Gasteiger partial charge is 0.492 e. The Hall–Kier alpha value is -1.39. The summed E-state index contributed by atoms with van der Waals surface area (Å²) in [5.41, 5.74) is 4.10. The predicted molar refractivity (Wildman–Crippen MR) is 116 cm³/mol. The molecule has 1 aliphatic heterocycles. The SMILES string of the molecule is Cl.Clc1ccc(Cl)c(OCCCC2CNCCc3[nH]c4ccccc4c32)c1. The highest BCUT2D eigenvalue weighted by atomic mass is 35.5. The van der Waals surface area contributed by atoms with Crippen LogP contribution in [0.1, 0.15) is 30.0 Å². The van der Waals surface area contributed by atoms with Crippen LogP contribution < -0.4 is 10.1 Å². The first-order chi connectivity index (χ1) is 12.7. The third-order valence-corrected chi connectivity index (χ3v) is 5.57. The minimum absolute atomic E-state index is 0. The summed E-state index contributed by atoms with van der Waals surface area (Å²) in [6, 6.07) is 13.9. The summed E-state index contributed by atoms with van der Waals surface area (Å²) in [6.45, 7) is 2.66. The molecule has 2 heterocycles. The molecular weight excluding hydrogens is 403 g/mol. The summed E-state index contributed by atoms with van der Waals surface area (Å²) < 4.78 is 5.85. The van der Waals surface area contributed by atoms with Crippen LogP contribution in [0.25, 0.3) is 10.9 Å². The molecule has 144 valence electrons. The minimum atomic E-state index is 0. The molecule has 0 aliphatic carbocycles. The number of para-hydroxylation sites is 1. The van der Waals surface area contributed by atoms with E-state index in [1.54, 1.807) is 18.2 Å². The quantitative estimate of drug-likeness (QED) is 0.493. The molecule has 1 atom stereocenters. The molecule has 0 radical (unpaired) electrons. The summed E-state index contributed by atoms with van der Waals surface area (Å²) in [7, 11) is 0. The molecule has 1 unspecified atom stereocenters. The highest BCUT2D eigenvalue weighted by Crippen LogP contribution is 2.34. The third kappa shape index (κ3) is 4.55. The van der Waals surface area contributed by atoms with E-state index in [2.05, 4.69) is 34.6 Å². The first-order valence-electron chi connectivity index (χ1n) is 9.10. The van der Waals surface area contributed by atoms with E-state index in [9.17, 15) is 0 Å². The molecule has 0 saturated carbocycles. The van der Waals surface area contributed by atoms with Crippen molar-refractivity contribution < 1.29 is 4.74 Å². The van der Waals surface area contributed by atoms with Gasteiger partial charge in [-0.3, -0.25) is 0 Å². The molecule has 0 spiro atoms. The Balaban J connectivity index is 0.00000210. The maximum absolute atomic E-state index is 6.17. The van der Waals surface area contributed by atoms with Crippen molar-refractivity contribution in [3.05, 3.63) is 63.8 Å². The van der Waals surface area contributed by atoms with Gasteiger partial charge in [-0.25, -0.2) is 0 Å². The zero-order valence-corrected chi connectivity index (χ0v) is 17.3. The average molecular weight is 426 g/mol. The topological polar surface area (TPSA) is 37.0 Å². The number of rotatable bonds is 5. The van der Waals surface area contributed by atoms with E-state index in [0.29, 0.717) is 28.3 Å². The van der Waals surface area contributed by atoms with Gasteiger partial charge in [-0.2, -0.15) is 0 Å². The maximum atomic E-state index is 6.17. The Kier molecular flexibility index (Phi) is 6.93. The lowest BCUT2D eigenvalue weighted by Gasteiger charge is -2.16. The molecule has 2 N–H and O–H groups in total. The molecule has 6 heteroatoms. The monoisotopic (exact) mass is 424 g/mol. The zero-order valence-electron chi connectivity index (χ0n) is 14.9. The maximum Gasteiger partial charge on any atom is 0.139 e. The van der Waals surface area contributed by atoms with Gasteiger partial charge in [0.15, 0.2) is 0 Å². The van der Waals surface area contributed by atoms with Crippen LogP contribution >= 0.6 is 35.6 Å². The Bertz CT molecular complexity index is 910. The number of hydrogen-bond donors (Lipinski definition) is 2. The highest BCUT2D eigenvalue weighted by Gasteiger charge is 2.22. The minimum Gasteiger partial charge on any atom is -0.492 e. The Morgan fingerprint density at radius 3 is 2.85 bits per heavy atom. The van der Waals surface area contributed by atoms with E-state index in [1.165, 1.54) is 22.2 Å². The van der Waals surface area contributed by atoms with Crippen LogP contribution in [0.15, 0.2) is 42.5 Å². The van der Waals surface area contributed by atoms with Crippen LogP contribution in [0.4, 0.5) is 0 Å². The molecule has 0 amide bonds. The summed E-state index contributed by atoms with van der Waals surface area (Å²) in [5.74, 6) is 1.15. The van der Waals surface area contributed by atoms with Crippen molar-refractivity contribution in [3.8, 4) is 5.75 Å². The average Bonchev–Trinajstić information content (AvgIpc) is 2.89. The summed E-state index contributed by atoms with van der Waals surface area (Å²) >= 11 is 12.2. The number of aromatic amines is 1. The molecule has 0 fully saturated rings. The second kappa shape index (κ2) is 9.20. The number of ether oxygens (including phenoxy) is 1. The molecule has 0 saturated heterocycles. The molecule has 0 bridgehead atoms. The van der Waals surface area contributed by atoms with E-state index in [-0.39, 0.29) is 12.4 Å². The van der Waals surface area contributed by atoms with Gasteiger partial charge in [0.2, 0.25) is 0 Å². The van der Waals surface area contributed by atoms with Gasteiger partial charge in [0.05, 0.1) is 11.6 Å².